The minimum Gasteiger partial charge on any atom is -0.469 e. The van der Waals surface area contributed by atoms with E-state index < -0.39 is 11.7 Å². The lowest BCUT2D eigenvalue weighted by Gasteiger charge is -2.32. The Morgan fingerprint density at radius 3 is 2.25 bits per heavy atom. The van der Waals surface area contributed by atoms with Gasteiger partial charge in [0.05, 0.1) is 12.7 Å². The Bertz CT molecular complexity index is 1350. The molecule has 0 unspecified atom stereocenters. The lowest BCUT2D eigenvalue weighted by atomic mass is 9.88. The molecule has 1 N–H and O–H groups in total. The van der Waals surface area contributed by atoms with Gasteiger partial charge in [-0.25, -0.2) is 0 Å². The predicted octanol–water partition coefficient (Wildman–Crippen LogP) is 6.34. The number of ether oxygens (including phenoxy) is 1. The van der Waals surface area contributed by atoms with Gasteiger partial charge in [-0.15, -0.1) is 0 Å². The molecule has 9 heteroatoms. The second kappa shape index (κ2) is 13.0. The fourth-order valence-corrected chi connectivity index (χ4v) is 5.21. The van der Waals surface area contributed by atoms with Crippen LogP contribution in [0, 0.1) is 0 Å². The van der Waals surface area contributed by atoms with E-state index in [9.17, 15) is 27.6 Å². The van der Waals surface area contributed by atoms with E-state index >= 15 is 0 Å². The fourth-order valence-electron chi connectivity index (χ4n) is 5.21. The first-order valence-corrected chi connectivity index (χ1v) is 13.5. The Kier molecular flexibility index (Phi) is 9.45. The molecule has 1 heterocycles. The third-order valence-corrected chi connectivity index (χ3v) is 7.46. The zero-order chi connectivity index (χ0) is 28.7. The lowest BCUT2D eigenvalue weighted by molar-refractivity contribution is -0.140. The topological polar surface area (TPSA) is 75.7 Å². The molecule has 0 radical (unpaired) electrons. The maximum absolute atomic E-state index is 13.5. The van der Waals surface area contributed by atoms with Gasteiger partial charge in [0.25, 0.3) is 11.8 Å². The maximum atomic E-state index is 13.5. The number of hydrogen-bond donors (Lipinski definition) is 1. The van der Waals surface area contributed by atoms with Gasteiger partial charge in [-0.2, -0.15) is 13.2 Å². The standard InChI is InChI=1S/C31H33F3N2O4/c1-40-28(37)11-3-2-4-18-35-29(38)23-14-12-21(13-15-23)22-16-19-36(20-17-22)30(39)26-9-5-8-25-24(26)7-6-10-27(25)31(32,33)34/h5-10,12-15,22H,2-4,11,16-20H2,1H3,(H,35,38). The SMILES string of the molecule is COC(=O)CCCCCNC(=O)c1ccc(C2CCN(C(=O)c3cccc4c(C(F)(F)F)cccc34)CC2)cc1. The van der Waals surface area contributed by atoms with Gasteiger partial charge < -0.3 is 15.0 Å². The average Bonchev–Trinajstić information content (AvgIpc) is 2.97. The zero-order valence-corrected chi connectivity index (χ0v) is 22.4. The number of unbranched alkanes of at least 4 members (excludes halogenated alkanes) is 2. The van der Waals surface area contributed by atoms with Crippen molar-refractivity contribution in [2.75, 3.05) is 26.7 Å². The first-order valence-electron chi connectivity index (χ1n) is 13.5. The van der Waals surface area contributed by atoms with Gasteiger partial charge in [-0.05, 0) is 72.2 Å². The second-order valence-electron chi connectivity index (χ2n) is 10.0. The summed E-state index contributed by atoms with van der Waals surface area (Å²) in [7, 11) is 1.37. The molecule has 1 aliphatic heterocycles. The van der Waals surface area contributed by atoms with Crippen LogP contribution in [0.25, 0.3) is 10.8 Å². The van der Waals surface area contributed by atoms with Crippen molar-refractivity contribution >= 4 is 28.6 Å². The summed E-state index contributed by atoms with van der Waals surface area (Å²) >= 11 is 0. The van der Waals surface area contributed by atoms with E-state index in [-0.39, 0.29) is 34.7 Å². The van der Waals surface area contributed by atoms with E-state index in [2.05, 4.69) is 10.1 Å². The third-order valence-electron chi connectivity index (χ3n) is 7.46. The zero-order valence-electron chi connectivity index (χ0n) is 22.4. The van der Waals surface area contributed by atoms with Gasteiger partial charge >= 0.3 is 12.1 Å². The Labute approximate surface area is 231 Å². The Hall–Kier alpha value is -3.88. The van der Waals surface area contributed by atoms with Crippen LogP contribution in [0.4, 0.5) is 13.2 Å². The normalized spacial score (nSPS) is 14.2. The fraction of sp³-hybridized carbons (Fsp3) is 0.387. The number of esters is 1. The highest BCUT2D eigenvalue weighted by Crippen LogP contribution is 2.36. The minimum atomic E-state index is -4.50. The Balaban J connectivity index is 1.30. The van der Waals surface area contributed by atoms with Crippen molar-refractivity contribution in [3.8, 4) is 0 Å². The molecule has 1 fully saturated rings. The lowest BCUT2D eigenvalue weighted by Crippen LogP contribution is -2.38. The molecule has 1 aliphatic rings. The number of halogens is 3. The number of carbonyl (C=O) groups is 3. The van der Waals surface area contributed by atoms with E-state index in [1.807, 2.05) is 12.1 Å². The predicted molar refractivity (Wildman–Crippen MR) is 146 cm³/mol. The number of methoxy groups -OCH3 is 1. The van der Waals surface area contributed by atoms with Crippen LogP contribution in [0.15, 0.2) is 60.7 Å². The molecule has 40 heavy (non-hydrogen) atoms. The van der Waals surface area contributed by atoms with Gasteiger partial charge in [0.2, 0.25) is 0 Å². The number of alkyl halides is 3. The van der Waals surface area contributed by atoms with Gasteiger partial charge in [-0.3, -0.25) is 14.4 Å². The number of likely N-dealkylation sites (tertiary alicyclic amines) is 1. The maximum Gasteiger partial charge on any atom is 0.417 e. The molecule has 6 nitrogen and oxygen atoms in total. The molecule has 0 spiro atoms. The van der Waals surface area contributed by atoms with Crippen molar-refractivity contribution in [1.82, 2.24) is 10.2 Å². The number of nitrogens with one attached hydrogen (secondary N) is 1. The third kappa shape index (κ3) is 7.00. The van der Waals surface area contributed by atoms with Crippen LogP contribution in [0.1, 0.15) is 76.3 Å². The molecule has 0 bridgehead atoms. The summed E-state index contributed by atoms with van der Waals surface area (Å²) in [6, 6.07) is 15.9. The highest BCUT2D eigenvalue weighted by Gasteiger charge is 2.33. The van der Waals surface area contributed by atoms with Crippen molar-refractivity contribution in [1.29, 1.82) is 0 Å². The summed E-state index contributed by atoms with van der Waals surface area (Å²) in [6.45, 7) is 1.52. The van der Waals surface area contributed by atoms with Crippen molar-refractivity contribution in [2.24, 2.45) is 0 Å². The van der Waals surface area contributed by atoms with Gasteiger partial charge in [-0.1, -0.05) is 42.8 Å². The molecule has 4 rings (SSSR count). The van der Waals surface area contributed by atoms with Crippen LogP contribution in [0.2, 0.25) is 0 Å². The molecule has 2 amide bonds. The average molecular weight is 555 g/mol. The van der Waals surface area contributed by atoms with Crippen LogP contribution < -0.4 is 5.32 Å². The van der Waals surface area contributed by atoms with Gasteiger partial charge in [0.15, 0.2) is 0 Å². The number of carbonyl (C=O) groups excluding carboxylic acids is 3. The highest BCUT2D eigenvalue weighted by molar-refractivity contribution is 6.07. The van der Waals surface area contributed by atoms with Crippen LogP contribution in [0.5, 0.6) is 0 Å². The van der Waals surface area contributed by atoms with Crippen molar-refractivity contribution in [2.45, 2.75) is 50.6 Å². The molecule has 0 aliphatic carbocycles. The molecule has 3 aromatic rings. The van der Waals surface area contributed by atoms with Crippen LogP contribution in [-0.2, 0) is 15.7 Å². The van der Waals surface area contributed by atoms with E-state index in [1.54, 1.807) is 29.2 Å². The summed E-state index contributed by atoms with van der Waals surface area (Å²) < 4.78 is 45.0. The van der Waals surface area contributed by atoms with Gasteiger partial charge in [0, 0.05) is 37.2 Å². The first kappa shape index (κ1) is 29.1. The molecule has 1 saturated heterocycles. The summed E-state index contributed by atoms with van der Waals surface area (Å²) in [5.74, 6) is -0.418. The van der Waals surface area contributed by atoms with Crippen LogP contribution >= 0.6 is 0 Å². The summed E-state index contributed by atoms with van der Waals surface area (Å²) in [6.07, 6.45) is -0.343. The number of nitrogens with zero attached hydrogens (tertiary/aromatic N) is 1. The number of amides is 2. The van der Waals surface area contributed by atoms with E-state index in [1.165, 1.54) is 25.3 Å². The molecule has 212 valence electrons. The second-order valence-corrected chi connectivity index (χ2v) is 10.0. The highest BCUT2D eigenvalue weighted by atomic mass is 19.4. The molecule has 0 atom stereocenters. The van der Waals surface area contributed by atoms with E-state index in [0.717, 1.165) is 43.7 Å². The molecule has 3 aromatic carbocycles. The molecule has 0 aromatic heterocycles. The summed E-state index contributed by atoms with van der Waals surface area (Å²) in [5, 5.41) is 3.23. The minimum absolute atomic E-state index is 0.0263. The van der Waals surface area contributed by atoms with Crippen molar-refractivity contribution in [3.63, 3.8) is 0 Å². The number of benzene rings is 3. The summed E-state index contributed by atoms with van der Waals surface area (Å²) in [4.78, 5) is 38.6. The Morgan fingerprint density at radius 2 is 1.57 bits per heavy atom. The van der Waals surface area contributed by atoms with Crippen molar-refractivity contribution < 1.29 is 32.3 Å². The Morgan fingerprint density at radius 1 is 0.900 bits per heavy atom. The number of rotatable bonds is 9. The van der Waals surface area contributed by atoms with Crippen LogP contribution in [0.3, 0.4) is 0 Å². The molecular formula is C31H33F3N2O4. The number of fused-ring (bicyclic) bond motifs is 1. The van der Waals surface area contributed by atoms with Gasteiger partial charge in [0.1, 0.15) is 0 Å². The number of piperidine rings is 1. The van der Waals surface area contributed by atoms with E-state index in [4.69, 9.17) is 0 Å². The van der Waals surface area contributed by atoms with Crippen molar-refractivity contribution in [3.05, 3.63) is 82.9 Å². The van der Waals surface area contributed by atoms with Crippen LogP contribution in [-0.4, -0.2) is 49.4 Å². The quantitative estimate of drug-likeness (QED) is 0.247. The molecule has 0 saturated carbocycles. The summed E-state index contributed by atoms with van der Waals surface area (Å²) in [5.41, 5.74) is 1.19. The monoisotopic (exact) mass is 554 g/mol. The first-order chi connectivity index (χ1) is 19.2. The van der Waals surface area contributed by atoms with E-state index in [0.29, 0.717) is 37.0 Å². The largest absolute Gasteiger partial charge is 0.469 e. The molecular weight excluding hydrogens is 521 g/mol. The number of hydrogen-bond acceptors (Lipinski definition) is 4. The smallest absolute Gasteiger partial charge is 0.417 e.